The van der Waals surface area contributed by atoms with Crippen LogP contribution in [0.3, 0.4) is 0 Å². The summed E-state index contributed by atoms with van der Waals surface area (Å²) >= 11 is 3.37. The van der Waals surface area contributed by atoms with E-state index in [1.807, 2.05) is 35.2 Å². The zero-order chi connectivity index (χ0) is 21.8. The van der Waals surface area contributed by atoms with Crippen LogP contribution < -0.4 is 10.9 Å². The number of nitrogens with zero attached hydrogens (tertiary/aromatic N) is 3. The molecule has 4 rings (SSSR count). The van der Waals surface area contributed by atoms with Crippen LogP contribution >= 0.6 is 15.9 Å². The highest BCUT2D eigenvalue weighted by atomic mass is 79.9. The molecule has 31 heavy (non-hydrogen) atoms. The van der Waals surface area contributed by atoms with E-state index in [0.717, 1.165) is 29.4 Å². The average Bonchev–Trinajstić information content (AvgIpc) is 2.76. The first-order valence-electron chi connectivity index (χ1n) is 10.3. The van der Waals surface area contributed by atoms with Crippen LogP contribution in [-0.2, 0) is 22.7 Å². The molecule has 7 nitrogen and oxygen atoms in total. The maximum absolute atomic E-state index is 12.7. The van der Waals surface area contributed by atoms with Gasteiger partial charge in [0, 0.05) is 42.6 Å². The Morgan fingerprint density at radius 1 is 1.13 bits per heavy atom. The predicted octanol–water partition coefficient (Wildman–Crippen LogP) is 3.70. The third kappa shape index (κ3) is 5.19. The summed E-state index contributed by atoms with van der Waals surface area (Å²) in [6.07, 6.45) is 4.22. The van der Waals surface area contributed by atoms with Crippen molar-refractivity contribution in [1.82, 2.24) is 14.5 Å². The molecule has 1 aliphatic rings. The van der Waals surface area contributed by atoms with E-state index in [2.05, 4.69) is 26.2 Å². The lowest BCUT2D eigenvalue weighted by molar-refractivity contribution is -0.133. The number of amides is 2. The lowest BCUT2D eigenvalue weighted by Crippen LogP contribution is -2.34. The largest absolute Gasteiger partial charge is 0.338 e. The number of piperidine rings is 1. The van der Waals surface area contributed by atoms with E-state index >= 15 is 0 Å². The van der Waals surface area contributed by atoms with Crippen molar-refractivity contribution >= 4 is 44.3 Å². The summed E-state index contributed by atoms with van der Waals surface area (Å²) in [6.45, 7) is 1.57. The molecule has 1 saturated heterocycles. The molecule has 160 valence electrons. The first-order valence-corrected chi connectivity index (χ1v) is 11.1. The molecule has 2 aromatic carbocycles. The Balaban J connectivity index is 1.38. The Morgan fingerprint density at radius 2 is 2.00 bits per heavy atom. The number of nitrogens with one attached hydrogen (secondary N) is 1. The first kappa shape index (κ1) is 21.2. The summed E-state index contributed by atoms with van der Waals surface area (Å²) in [6, 6.07) is 12.9. The van der Waals surface area contributed by atoms with Crippen LogP contribution in [0.4, 0.5) is 5.69 Å². The number of hydrogen-bond acceptors (Lipinski definition) is 4. The third-order valence-corrected chi connectivity index (χ3v) is 5.86. The van der Waals surface area contributed by atoms with E-state index in [-0.39, 0.29) is 30.3 Å². The number of carbonyl (C=O) groups excluding carboxylic acids is 2. The van der Waals surface area contributed by atoms with Gasteiger partial charge in [0.15, 0.2) is 0 Å². The Kier molecular flexibility index (Phi) is 6.46. The van der Waals surface area contributed by atoms with Gasteiger partial charge in [0.2, 0.25) is 11.8 Å². The van der Waals surface area contributed by atoms with Crippen molar-refractivity contribution in [1.29, 1.82) is 0 Å². The number of hydrogen-bond donors (Lipinski definition) is 1. The van der Waals surface area contributed by atoms with Crippen LogP contribution in [0.15, 0.2) is 58.1 Å². The molecule has 1 N–H and O–H groups in total. The normalized spacial score (nSPS) is 14.1. The summed E-state index contributed by atoms with van der Waals surface area (Å²) in [7, 11) is 0. The second-order valence-electron chi connectivity index (χ2n) is 7.68. The van der Waals surface area contributed by atoms with Gasteiger partial charge >= 0.3 is 0 Å². The van der Waals surface area contributed by atoms with Crippen LogP contribution in [0.25, 0.3) is 10.9 Å². The maximum Gasteiger partial charge on any atom is 0.261 e. The van der Waals surface area contributed by atoms with Crippen molar-refractivity contribution in [3.63, 3.8) is 0 Å². The van der Waals surface area contributed by atoms with Crippen molar-refractivity contribution < 1.29 is 9.59 Å². The molecule has 2 amide bonds. The van der Waals surface area contributed by atoms with Crippen LogP contribution in [0.5, 0.6) is 0 Å². The number of aryl methyl sites for hydroxylation is 1. The topological polar surface area (TPSA) is 84.3 Å². The fraction of sp³-hybridized carbons (Fsp3) is 0.304. The Bertz CT molecular complexity index is 1190. The molecule has 0 atom stereocenters. The molecule has 1 fully saturated rings. The summed E-state index contributed by atoms with van der Waals surface area (Å²) in [5, 5.41) is 3.39. The second kappa shape index (κ2) is 9.43. The van der Waals surface area contributed by atoms with E-state index in [1.54, 1.807) is 12.1 Å². The highest BCUT2D eigenvalue weighted by Crippen LogP contribution is 2.18. The SMILES string of the molecule is O=C(CCn1cnc2ccc(Br)cc2c1=O)Nc1cccc(CN2CCCCC2=O)c1. The number of benzene rings is 2. The molecule has 1 aromatic heterocycles. The van der Waals surface area contributed by atoms with Gasteiger partial charge in [0.25, 0.3) is 5.56 Å². The number of rotatable bonds is 6. The lowest BCUT2D eigenvalue weighted by Gasteiger charge is -2.26. The molecular weight excluding hydrogens is 460 g/mol. The standard InChI is InChI=1S/C23H23BrN4O3/c24-17-7-8-20-19(13-17)23(31)28(15-25-20)11-9-21(29)26-18-5-3-4-16(12-18)14-27-10-2-1-6-22(27)30/h3-5,7-8,12-13,15H,1-2,6,9-11,14H2,(H,26,29). The zero-order valence-corrected chi connectivity index (χ0v) is 18.6. The molecule has 1 aliphatic heterocycles. The first-order chi connectivity index (χ1) is 15.0. The Hall–Kier alpha value is -3.00. The minimum absolute atomic E-state index is 0.149. The van der Waals surface area contributed by atoms with Crippen molar-refractivity contribution in [2.75, 3.05) is 11.9 Å². The van der Waals surface area contributed by atoms with Crippen molar-refractivity contribution in [2.24, 2.45) is 0 Å². The molecule has 3 aromatic rings. The van der Waals surface area contributed by atoms with Gasteiger partial charge in [0.05, 0.1) is 17.2 Å². The molecule has 2 heterocycles. The minimum atomic E-state index is -0.188. The van der Waals surface area contributed by atoms with E-state index in [0.29, 0.717) is 29.6 Å². The fourth-order valence-electron chi connectivity index (χ4n) is 3.73. The number of fused-ring (bicyclic) bond motifs is 1. The minimum Gasteiger partial charge on any atom is -0.338 e. The van der Waals surface area contributed by atoms with E-state index < -0.39 is 0 Å². The highest BCUT2D eigenvalue weighted by molar-refractivity contribution is 9.10. The van der Waals surface area contributed by atoms with Gasteiger partial charge < -0.3 is 10.2 Å². The molecule has 0 aliphatic carbocycles. The van der Waals surface area contributed by atoms with E-state index in [9.17, 15) is 14.4 Å². The predicted molar refractivity (Wildman–Crippen MR) is 123 cm³/mol. The van der Waals surface area contributed by atoms with Gasteiger partial charge in [-0.25, -0.2) is 4.98 Å². The third-order valence-electron chi connectivity index (χ3n) is 5.37. The van der Waals surface area contributed by atoms with E-state index in [4.69, 9.17) is 0 Å². The second-order valence-corrected chi connectivity index (χ2v) is 8.59. The molecule has 0 bridgehead atoms. The van der Waals surface area contributed by atoms with Crippen LogP contribution in [0.2, 0.25) is 0 Å². The fourth-order valence-corrected chi connectivity index (χ4v) is 4.09. The number of likely N-dealkylation sites (tertiary alicyclic amines) is 1. The van der Waals surface area contributed by atoms with Gasteiger partial charge in [-0.05, 0) is 48.7 Å². The van der Waals surface area contributed by atoms with Gasteiger partial charge in [-0.15, -0.1) is 0 Å². The zero-order valence-electron chi connectivity index (χ0n) is 17.0. The molecule has 0 spiro atoms. The van der Waals surface area contributed by atoms with Crippen LogP contribution in [0, 0.1) is 0 Å². The van der Waals surface area contributed by atoms with Crippen molar-refractivity contribution in [2.45, 2.75) is 38.8 Å². The van der Waals surface area contributed by atoms with E-state index in [1.165, 1.54) is 10.9 Å². The quantitative estimate of drug-likeness (QED) is 0.580. The van der Waals surface area contributed by atoms with Crippen LogP contribution in [0.1, 0.15) is 31.2 Å². The Labute approximate surface area is 188 Å². The van der Waals surface area contributed by atoms with Gasteiger partial charge in [-0.1, -0.05) is 28.1 Å². The van der Waals surface area contributed by atoms with Gasteiger partial charge in [0.1, 0.15) is 0 Å². The maximum atomic E-state index is 12.7. The summed E-state index contributed by atoms with van der Waals surface area (Å²) in [5.74, 6) is -0.00501. The Morgan fingerprint density at radius 3 is 2.84 bits per heavy atom. The van der Waals surface area contributed by atoms with Crippen LogP contribution in [-0.4, -0.2) is 32.8 Å². The molecule has 0 unspecified atom stereocenters. The lowest BCUT2D eigenvalue weighted by atomic mass is 10.1. The monoisotopic (exact) mass is 482 g/mol. The summed E-state index contributed by atoms with van der Waals surface area (Å²) < 4.78 is 2.26. The van der Waals surface area contributed by atoms with Gasteiger partial charge in [-0.3, -0.25) is 19.0 Å². The molecule has 8 heteroatoms. The smallest absolute Gasteiger partial charge is 0.261 e. The van der Waals surface area contributed by atoms with Gasteiger partial charge in [-0.2, -0.15) is 0 Å². The molecule has 0 saturated carbocycles. The average molecular weight is 483 g/mol. The van der Waals surface area contributed by atoms with Crippen molar-refractivity contribution in [3.8, 4) is 0 Å². The number of aromatic nitrogens is 2. The number of anilines is 1. The molecular formula is C23H23BrN4O3. The van der Waals surface area contributed by atoms with Crippen molar-refractivity contribution in [3.05, 3.63) is 69.2 Å². The summed E-state index contributed by atoms with van der Waals surface area (Å²) in [4.78, 5) is 43.3. The number of carbonyl (C=O) groups is 2. The number of halogens is 1. The summed E-state index contributed by atoms with van der Waals surface area (Å²) in [5.41, 5.74) is 2.11. The molecule has 0 radical (unpaired) electrons. The highest BCUT2D eigenvalue weighted by Gasteiger charge is 2.18.